The lowest BCUT2D eigenvalue weighted by Crippen LogP contribution is -2.13. The van der Waals surface area contributed by atoms with Crippen LogP contribution in [-0.2, 0) is 23.7 Å². The van der Waals surface area contributed by atoms with Gasteiger partial charge in [-0.3, -0.25) is 4.57 Å². The fourth-order valence-corrected chi connectivity index (χ4v) is 4.85. The number of hydrogen-bond acceptors (Lipinski definition) is 7. The van der Waals surface area contributed by atoms with Gasteiger partial charge in [-0.1, -0.05) is 41.6 Å². The van der Waals surface area contributed by atoms with E-state index in [4.69, 9.17) is 30.5 Å². The minimum Gasteiger partial charge on any atom is -0.497 e. The Labute approximate surface area is 206 Å². The van der Waals surface area contributed by atoms with E-state index in [1.54, 1.807) is 18.9 Å². The topological polar surface area (TPSA) is 67.6 Å². The van der Waals surface area contributed by atoms with Gasteiger partial charge in [-0.25, -0.2) is 0 Å². The summed E-state index contributed by atoms with van der Waals surface area (Å²) in [5.74, 6) is 3.65. The molecule has 1 aliphatic heterocycles. The van der Waals surface area contributed by atoms with E-state index in [0.29, 0.717) is 23.2 Å². The van der Waals surface area contributed by atoms with Crippen LogP contribution in [0.15, 0.2) is 71.9 Å². The van der Waals surface area contributed by atoms with Gasteiger partial charge in [-0.05, 0) is 48.5 Å². The lowest BCUT2D eigenvalue weighted by Gasteiger charge is -2.21. The van der Waals surface area contributed by atoms with E-state index in [0.717, 1.165) is 39.2 Å². The molecule has 0 fully saturated rings. The molecule has 0 aliphatic carbocycles. The molecule has 0 saturated carbocycles. The van der Waals surface area contributed by atoms with Crippen LogP contribution >= 0.6 is 23.4 Å². The first kappa shape index (κ1) is 22.6. The summed E-state index contributed by atoms with van der Waals surface area (Å²) in [4.78, 5) is 0. The molecule has 4 aromatic rings. The maximum Gasteiger partial charge on any atom is 0.196 e. The minimum absolute atomic E-state index is 0.235. The highest BCUT2D eigenvalue weighted by Gasteiger charge is 2.19. The SMILES string of the molecule is COc1ccc(OCc2nnc(SCc3cc(Cl)cc4c3OCOC4)n2-c2ccccc2)cc1. The molecule has 3 aromatic carbocycles. The van der Waals surface area contributed by atoms with Crippen LogP contribution in [0.2, 0.25) is 5.02 Å². The molecule has 0 radical (unpaired) electrons. The Morgan fingerprint density at radius 3 is 2.62 bits per heavy atom. The van der Waals surface area contributed by atoms with Gasteiger partial charge in [-0.15, -0.1) is 10.2 Å². The summed E-state index contributed by atoms with van der Waals surface area (Å²) in [6.45, 7) is 0.988. The Kier molecular flexibility index (Phi) is 6.89. The summed E-state index contributed by atoms with van der Waals surface area (Å²) in [6, 6.07) is 21.2. The minimum atomic E-state index is 0.235. The lowest BCUT2D eigenvalue weighted by molar-refractivity contribution is -0.0168. The zero-order valence-electron chi connectivity index (χ0n) is 18.4. The molecular formula is C25H22ClN3O4S. The Morgan fingerprint density at radius 2 is 1.82 bits per heavy atom. The van der Waals surface area contributed by atoms with Crippen molar-refractivity contribution in [1.29, 1.82) is 0 Å². The van der Waals surface area contributed by atoms with Crippen molar-refractivity contribution >= 4 is 23.4 Å². The number of para-hydroxylation sites is 1. The average Bonchev–Trinajstić information content (AvgIpc) is 3.29. The Morgan fingerprint density at radius 1 is 1.03 bits per heavy atom. The first-order valence-electron chi connectivity index (χ1n) is 10.6. The van der Waals surface area contributed by atoms with Crippen LogP contribution in [0.4, 0.5) is 0 Å². The molecule has 1 aromatic heterocycles. The van der Waals surface area contributed by atoms with E-state index >= 15 is 0 Å². The normalized spacial score (nSPS) is 12.6. The lowest BCUT2D eigenvalue weighted by atomic mass is 10.1. The van der Waals surface area contributed by atoms with Gasteiger partial charge in [0.25, 0.3) is 0 Å². The number of aromatic nitrogens is 3. The van der Waals surface area contributed by atoms with Crippen LogP contribution in [0.5, 0.6) is 17.2 Å². The number of nitrogens with zero attached hydrogens (tertiary/aromatic N) is 3. The summed E-state index contributed by atoms with van der Waals surface area (Å²) in [5.41, 5.74) is 2.91. The van der Waals surface area contributed by atoms with Crippen LogP contribution in [-0.4, -0.2) is 28.7 Å². The third-order valence-electron chi connectivity index (χ3n) is 5.25. The summed E-state index contributed by atoms with van der Waals surface area (Å²) in [6.07, 6.45) is 0. The number of halogens is 1. The molecule has 0 atom stereocenters. The van der Waals surface area contributed by atoms with Crippen molar-refractivity contribution in [2.45, 2.75) is 24.1 Å². The third-order valence-corrected chi connectivity index (χ3v) is 6.45. The van der Waals surface area contributed by atoms with Crippen molar-refractivity contribution in [1.82, 2.24) is 14.8 Å². The summed E-state index contributed by atoms with van der Waals surface area (Å²) in [7, 11) is 1.64. The zero-order chi connectivity index (χ0) is 23.3. The molecule has 2 heterocycles. The second-order valence-electron chi connectivity index (χ2n) is 7.49. The number of methoxy groups -OCH3 is 1. The quantitative estimate of drug-likeness (QED) is 0.292. The largest absolute Gasteiger partial charge is 0.497 e. The molecule has 0 unspecified atom stereocenters. The second-order valence-corrected chi connectivity index (χ2v) is 8.87. The van der Waals surface area contributed by atoms with Crippen molar-refractivity contribution in [2.24, 2.45) is 0 Å². The molecule has 174 valence electrons. The van der Waals surface area contributed by atoms with Gasteiger partial charge in [0.15, 0.2) is 17.8 Å². The van der Waals surface area contributed by atoms with Crippen LogP contribution in [0, 0.1) is 0 Å². The zero-order valence-corrected chi connectivity index (χ0v) is 20.0. The van der Waals surface area contributed by atoms with Crippen molar-refractivity contribution in [3.63, 3.8) is 0 Å². The number of ether oxygens (including phenoxy) is 4. The van der Waals surface area contributed by atoms with Crippen LogP contribution in [0.25, 0.3) is 5.69 Å². The molecule has 7 nitrogen and oxygen atoms in total. The fourth-order valence-electron chi connectivity index (χ4n) is 3.65. The number of fused-ring (bicyclic) bond motifs is 1. The fraction of sp³-hybridized carbons (Fsp3) is 0.200. The Bertz CT molecular complexity index is 1270. The van der Waals surface area contributed by atoms with Crippen LogP contribution in [0.3, 0.4) is 0 Å². The van der Waals surface area contributed by atoms with Gasteiger partial charge < -0.3 is 18.9 Å². The van der Waals surface area contributed by atoms with Gasteiger partial charge in [0.1, 0.15) is 23.9 Å². The Balaban J connectivity index is 1.39. The first-order chi connectivity index (χ1) is 16.7. The highest BCUT2D eigenvalue weighted by Crippen LogP contribution is 2.36. The molecule has 0 saturated heterocycles. The summed E-state index contributed by atoms with van der Waals surface area (Å²) in [5, 5.41) is 10.3. The smallest absolute Gasteiger partial charge is 0.196 e. The van der Waals surface area contributed by atoms with Crippen molar-refractivity contribution in [3.8, 4) is 22.9 Å². The predicted molar refractivity (Wildman–Crippen MR) is 130 cm³/mol. The van der Waals surface area contributed by atoms with Gasteiger partial charge in [0.2, 0.25) is 0 Å². The molecule has 34 heavy (non-hydrogen) atoms. The standard InChI is InChI=1S/C25H22ClN3O4S/c1-30-21-7-9-22(10-8-21)32-14-23-27-28-25(29(23)20-5-3-2-4-6-20)34-15-18-12-19(26)11-17-13-31-16-33-24(17)18/h2-12H,13-16H2,1H3. The monoisotopic (exact) mass is 495 g/mol. The van der Waals surface area contributed by atoms with Gasteiger partial charge in [-0.2, -0.15) is 0 Å². The van der Waals surface area contributed by atoms with Crippen LogP contribution in [0.1, 0.15) is 17.0 Å². The summed E-state index contributed by atoms with van der Waals surface area (Å²) >= 11 is 7.90. The average molecular weight is 496 g/mol. The molecule has 0 amide bonds. The molecule has 0 spiro atoms. The maximum atomic E-state index is 6.34. The van der Waals surface area contributed by atoms with E-state index in [-0.39, 0.29) is 13.4 Å². The number of rotatable bonds is 8. The highest BCUT2D eigenvalue weighted by molar-refractivity contribution is 7.98. The Hall–Kier alpha value is -3.20. The molecule has 9 heteroatoms. The van der Waals surface area contributed by atoms with Gasteiger partial charge in [0.05, 0.1) is 13.7 Å². The van der Waals surface area contributed by atoms with Gasteiger partial charge >= 0.3 is 0 Å². The van der Waals surface area contributed by atoms with E-state index in [1.807, 2.05) is 71.3 Å². The number of hydrogen-bond donors (Lipinski definition) is 0. The van der Waals surface area contributed by atoms with Gasteiger partial charge in [0, 0.05) is 27.6 Å². The van der Waals surface area contributed by atoms with E-state index in [1.165, 1.54) is 0 Å². The molecule has 1 aliphatic rings. The van der Waals surface area contributed by atoms with Crippen LogP contribution < -0.4 is 14.2 Å². The van der Waals surface area contributed by atoms with Crippen molar-refractivity contribution in [3.05, 3.63) is 88.7 Å². The number of thioether (sulfide) groups is 1. The van der Waals surface area contributed by atoms with E-state index in [9.17, 15) is 0 Å². The second kappa shape index (κ2) is 10.4. The van der Waals surface area contributed by atoms with Crippen molar-refractivity contribution in [2.75, 3.05) is 13.9 Å². The predicted octanol–water partition coefficient (Wildman–Crippen LogP) is 5.67. The van der Waals surface area contributed by atoms with Crippen molar-refractivity contribution < 1.29 is 18.9 Å². The van der Waals surface area contributed by atoms with E-state index in [2.05, 4.69) is 10.2 Å². The maximum absolute atomic E-state index is 6.34. The first-order valence-corrected chi connectivity index (χ1v) is 12.0. The molecular weight excluding hydrogens is 474 g/mol. The molecule has 0 bridgehead atoms. The number of benzene rings is 3. The molecule has 5 rings (SSSR count). The molecule has 0 N–H and O–H groups in total. The highest BCUT2D eigenvalue weighted by atomic mass is 35.5. The third kappa shape index (κ3) is 4.99. The summed E-state index contributed by atoms with van der Waals surface area (Å²) < 4.78 is 24.3. The van der Waals surface area contributed by atoms with E-state index < -0.39 is 0 Å².